The van der Waals surface area contributed by atoms with Crippen LogP contribution in [0.5, 0.6) is 0 Å². The summed E-state index contributed by atoms with van der Waals surface area (Å²) >= 11 is 0. The van der Waals surface area contributed by atoms with Crippen LogP contribution >= 0.6 is 0 Å². The fourth-order valence-corrected chi connectivity index (χ4v) is 2.66. The average molecular weight is 260 g/mol. The minimum Gasteiger partial charge on any atom is -0.385 e. The molecule has 0 bridgehead atoms. The van der Waals surface area contributed by atoms with Crippen molar-refractivity contribution in [3.05, 3.63) is 29.3 Å². The summed E-state index contributed by atoms with van der Waals surface area (Å²) in [7, 11) is 0. The van der Waals surface area contributed by atoms with E-state index in [4.69, 9.17) is 0 Å². The van der Waals surface area contributed by atoms with Gasteiger partial charge in [0.15, 0.2) is 0 Å². The summed E-state index contributed by atoms with van der Waals surface area (Å²) in [5.41, 5.74) is 4.26. The largest absolute Gasteiger partial charge is 0.385 e. The van der Waals surface area contributed by atoms with Crippen LogP contribution in [-0.4, -0.2) is 19.1 Å². The van der Waals surface area contributed by atoms with E-state index in [1.54, 1.807) is 0 Å². The van der Waals surface area contributed by atoms with Gasteiger partial charge in [0.25, 0.3) is 0 Å². The second-order valence-electron chi connectivity index (χ2n) is 6.79. The van der Waals surface area contributed by atoms with Gasteiger partial charge in [-0.25, -0.2) is 0 Å². The lowest BCUT2D eigenvalue weighted by Crippen LogP contribution is -2.24. The maximum absolute atomic E-state index is 3.61. The molecule has 0 radical (unpaired) electrons. The summed E-state index contributed by atoms with van der Waals surface area (Å²) in [4.78, 5) is 0. The molecule has 2 nitrogen and oxygen atoms in total. The van der Waals surface area contributed by atoms with E-state index in [1.807, 2.05) is 0 Å². The van der Waals surface area contributed by atoms with Crippen LogP contribution in [0.3, 0.4) is 0 Å². The SMILES string of the molecule is Cc1ccc(C(C)(C)C)cc1NCCC1CCCN1. The molecule has 0 amide bonds. The van der Waals surface area contributed by atoms with Crippen molar-refractivity contribution in [2.24, 2.45) is 0 Å². The summed E-state index contributed by atoms with van der Waals surface area (Å²) in [5.74, 6) is 0. The molecule has 2 rings (SSSR count). The monoisotopic (exact) mass is 260 g/mol. The van der Waals surface area contributed by atoms with E-state index in [0.29, 0.717) is 0 Å². The molecule has 1 aromatic rings. The lowest BCUT2D eigenvalue weighted by atomic mass is 9.86. The van der Waals surface area contributed by atoms with Crippen molar-refractivity contribution in [3.63, 3.8) is 0 Å². The van der Waals surface area contributed by atoms with Gasteiger partial charge in [-0.1, -0.05) is 32.9 Å². The highest BCUT2D eigenvalue weighted by Gasteiger charge is 2.15. The Bertz CT molecular complexity index is 412. The molecule has 19 heavy (non-hydrogen) atoms. The van der Waals surface area contributed by atoms with Gasteiger partial charge in [0.1, 0.15) is 0 Å². The highest BCUT2D eigenvalue weighted by molar-refractivity contribution is 5.53. The van der Waals surface area contributed by atoms with Gasteiger partial charge in [0.2, 0.25) is 0 Å². The summed E-state index contributed by atoms with van der Waals surface area (Å²) < 4.78 is 0. The van der Waals surface area contributed by atoms with Gasteiger partial charge in [-0.05, 0) is 55.3 Å². The first-order valence-electron chi connectivity index (χ1n) is 7.55. The lowest BCUT2D eigenvalue weighted by molar-refractivity contribution is 0.574. The molecule has 1 heterocycles. The highest BCUT2D eigenvalue weighted by Crippen LogP contribution is 2.27. The van der Waals surface area contributed by atoms with E-state index >= 15 is 0 Å². The summed E-state index contributed by atoms with van der Waals surface area (Å²) in [6.07, 6.45) is 3.89. The van der Waals surface area contributed by atoms with Crippen LogP contribution in [0, 0.1) is 6.92 Å². The predicted molar refractivity (Wildman–Crippen MR) is 84.0 cm³/mol. The van der Waals surface area contributed by atoms with E-state index < -0.39 is 0 Å². The van der Waals surface area contributed by atoms with Crippen LogP contribution in [0.4, 0.5) is 5.69 Å². The predicted octanol–water partition coefficient (Wildman–Crippen LogP) is 3.85. The van der Waals surface area contributed by atoms with Crippen molar-refractivity contribution in [3.8, 4) is 0 Å². The summed E-state index contributed by atoms with van der Waals surface area (Å²) in [5, 5.41) is 7.17. The zero-order valence-corrected chi connectivity index (χ0v) is 12.8. The van der Waals surface area contributed by atoms with Crippen LogP contribution in [0.25, 0.3) is 0 Å². The number of hydrogen-bond acceptors (Lipinski definition) is 2. The van der Waals surface area contributed by atoms with Crippen LogP contribution < -0.4 is 10.6 Å². The molecular weight excluding hydrogens is 232 g/mol. The Morgan fingerprint density at radius 1 is 1.32 bits per heavy atom. The Kier molecular flexibility index (Phi) is 4.51. The molecule has 2 N–H and O–H groups in total. The average Bonchev–Trinajstić information content (AvgIpc) is 2.83. The van der Waals surface area contributed by atoms with E-state index in [9.17, 15) is 0 Å². The van der Waals surface area contributed by atoms with Gasteiger partial charge in [0, 0.05) is 18.3 Å². The molecule has 1 unspecified atom stereocenters. The van der Waals surface area contributed by atoms with Gasteiger partial charge in [-0.2, -0.15) is 0 Å². The second-order valence-corrected chi connectivity index (χ2v) is 6.79. The lowest BCUT2D eigenvalue weighted by Gasteiger charge is -2.21. The van der Waals surface area contributed by atoms with Gasteiger partial charge < -0.3 is 10.6 Å². The number of aryl methyl sites for hydroxylation is 1. The molecule has 2 heteroatoms. The first kappa shape index (κ1) is 14.4. The molecule has 1 aromatic carbocycles. The molecule has 1 aliphatic heterocycles. The van der Waals surface area contributed by atoms with Gasteiger partial charge in [-0.15, -0.1) is 0 Å². The Labute approximate surface area is 118 Å². The van der Waals surface area contributed by atoms with Crippen molar-refractivity contribution < 1.29 is 0 Å². The van der Waals surface area contributed by atoms with E-state index in [2.05, 4.69) is 56.5 Å². The van der Waals surface area contributed by atoms with Crippen molar-refractivity contribution in [2.45, 2.75) is 58.4 Å². The van der Waals surface area contributed by atoms with E-state index in [-0.39, 0.29) is 5.41 Å². The van der Waals surface area contributed by atoms with Crippen molar-refractivity contribution >= 4 is 5.69 Å². The third kappa shape index (κ3) is 3.97. The number of rotatable bonds is 4. The molecule has 0 aliphatic carbocycles. The molecule has 1 saturated heterocycles. The smallest absolute Gasteiger partial charge is 0.0372 e. The summed E-state index contributed by atoms with van der Waals surface area (Å²) in [6.45, 7) is 11.2. The molecule has 1 fully saturated rings. The normalized spacial score (nSPS) is 19.7. The molecule has 1 atom stereocenters. The standard InChI is InChI=1S/C17H28N2/c1-13-7-8-14(17(2,3)4)12-16(13)19-11-9-15-6-5-10-18-15/h7-8,12,15,18-19H,5-6,9-11H2,1-4H3. The molecule has 106 valence electrons. The number of benzene rings is 1. The molecule has 1 aliphatic rings. The topological polar surface area (TPSA) is 24.1 Å². The minimum absolute atomic E-state index is 0.219. The van der Waals surface area contributed by atoms with Crippen LogP contribution in [-0.2, 0) is 5.41 Å². The van der Waals surface area contributed by atoms with Crippen LogP contribution in [0.1, 0.15) is 51.2 Å². The van der Waals surface area contributed by atoms with E-state index in [1.165, 1.54) is 42.6 Å². The molecule has 0 saturated carbocycles. The minimum atomic E-state index is 0.219. The van der Waals surface area contributed by atoms with Crippen LogP contribution in [0.2, 0.25) is 0 Å². The first-order chi connectivity index (χ1) is 8.97. The Balaban J connectivity index is 1.94. The Morgan fingerprint density at radius 3 is 2.74 bits per heavy atom. The zero-order valence-electron chi connectivity index (χ0n) is 12.8. The van der Waals surface area contributed by atoms with E-state index in [0.717, 1.165) is 12.6 Å². The van der Waals surface area contributed by atoms with Gasteiger partial charge >= 0.3 is 0 Å². The Hall–Kier alpha value is -1.02. The van der Waals surface area contributed by atoms with Gasteiger partial charge in [0.05, 0.1) is 0 Å². The highest BCUT2D eigenvalue weighted by atomic mass is 15.0. The third-order valence-electron chi connectivity index (χ3n) is 4.07. The number of nitrogens with one attached hydrogen (secondary N) is 2. The number of hydrogen-bond donors (Lipinski definition) is 2. The maximum Gasteiger partial charge on any atom is 0.0372 e. The second kappa shape index (κ2) is 5.96. The van der Waals surface area contributed by atoms with Crippen molar-refractivity contribution in [1.29, 1.82) is 0 Å². The quantitative estimate of drug-likeness (QED) is 0.859. The third-order valence-corrected chi connectivity index (χ3v) is 4.07. The van der Waals surface area contributed by atoms with Crippen LogP contribution in [0.15, 0.2) is 18.2 Å². The van der Waals surface area contributed by atoms with Gasteiger partial charge in [-0.3, -0.25) is 0 Å². The first-order valence-corrected chi connectivity index (χ1v) is 7.55. The molecular formula is C17H28N2. The zero-order chi connectivity index (χ0) is 13.9. The fourth-order valence-electron chi connectivity index (χ4n) is 2.66. The fraction of sp³-hybridized carbons (Fsp3) is 0.647. The summed E-state index contributed by atoms with van der Waals surface area (Å²) in [6, 6.07) is 7.52. The Morgan fingerprint density at radius 2 is 2.11 bits per heavy atom. The molecule has 0 spiro atoms. The van der Waals surface area contributed by atoms with Crippen molar-refractivity contribution in [1.82, 2.24) is 5.32 Å². The maximum atomic E-state index is 3.61. The van der Waals surface area contributed by atoms with Crippen molar-refractivity contribution in [2.75, 3.05) is 18.4 Å². The molecule has 0 aromatic heterocycles. The number of anilines is 1.